The molecular weight excluding hydrogens is 332 g/mol. The molecule has 5 heteroatoms. The molecule has 1 atom stereocenters. The first-order valence-electron chi connectivity index (χ1n) is 8.60. The lowest BCUT2D eigenvalue weighted by Gasteiger charge is -2.19. The molecule has 134 valence electrons. The first-order valence-corrected chi connectivity index (χ1v) is 9.01. The van der Waals surface area contributed by atoms with Crippen LogP contribution in [0.1, 0.15) is 18.9 Å². The maximum Gasteiger partial charge on any atom is 0.257 e. The van der Waals surface area contributed by atoms with Crippen LogP contribution in [0.3, 0.4) is 0 Å². The van der Waals surface area contributed by atoms with Gasteiger partial charge in [0.05, 0.1) is 0 Å². The molecule has 0 saturated heterocycles. The average Bonchev–Trinajstić information content (AvgIpc) is 2.66. The minimum atomic E-state index is -0.0688. The number of thiocarbonyl (C=S) groups is 1. The fraction of sp³-hybridized carbons (Fsp3) is 0.350. The van der Waals surface area contributed by atoms with Crippen molar-refractivity contribution < 1.29 is 9.47 Å². The van der Waals surface area contributed by atoms with Crippen LogP contribution in [-0.2, 0) is 11.2 Å². The maximum absolute atomic E-state index is 5.79. The smallest absolute Gasteiger partial charge is 0.257 e. The molecule has 4 nitrogen and oxygen atoms in total. The number of nitrogens with one attached hydrogen (secondary N) is 2. The Bertz CT molecular complexity index is 632. The number of rotatable bonds is 9. The van der Waals surface area contributed by atoms with Gasteiger partial charge in [-0.1, -0.05) is 37.3 Å². The fourth-order valence-corrected chi connectivity index (χ4v) is 2.53. The topological polar surface area (TPSA) is 42.5 Å². The zero-order chi connectivity index (χ0) is 17.9. The molecule has 0 heterocycles. The number of anilines is 1. The highest BCUT2D eigenvalue weighted by Crippen LogP contribution is 2.16. The van der Waals surface area contributed by atoms with Gasteiger partial charge in [-0.25, -0.2) is 0 Å². The van der Waals surface area contributed by atoms with Gasteiger partial charge < -0.3 is 20.1 Å². The Morgan fingerprint density at radius 1 is 1.08 bits per heavy atom. The van der Waals surface area contributed by atoms with Gasteiger partial charge in [0.2, 0.25) is 0 Å². The molecule has 2 aromatic rings. The molecule has 25 heavy (non-hydrogen) atoms. The van der Waals surface area contributed by atoms with Gasteiger partial charge in [-0.15, -0.1) is 0 Å². The first-order chi connectivity index (χ1) is 12.2. The van der Waals surface area contributed by atoms with Crippen LogP contribution in [0.4, 0.5) is 5.69 Å². The van der Waals surface area contributed by atoms with E-state index in [1.54, 1.807) is 0 Å². The molecule has 0 radical (unpaired) electrons. The summed E-state index contributed by atoms with van der Waals surface area (Å²) >= 11 is 5.28. The summed E-state index contributed by atoms with van der Waals surface area (Å²) in [7, 11) is 1.89. The summed E-state index contributed by atoms with van der Waals surface area (Å²) < 4.78 is 11.6. The summed E-state index contributed by atoms with van der Waals surface area (Å²) in [5.74, 6) is 0.823. The van der Waals surface area contributed by atoms with Crippen LogP contribution in [-0.4, -0.2) is 31.5 Å². The van der Waals surface area contributed by atoms with E-state index in [-0.39, 0.29) is 6.10 Å². The second-order valence-electron chi connectivity index (χ2n) is 5.68. The van der Waals surface area contributed by atoms with Crippen molar-refractivity contribution in [2.45, 2.75) is 25.9 Å². The maximum atomic E-state index is 5.79. The Morgan fingerprint density at radius 2 is 1.80 bits per heavy atom. The van der Waals surface area contributed by atoms with E-state index in [2.05, 4.69) is 29.7 Å². The molecule has 0 aromatic heterocycles. The Labute approximate surface area is 155 Å². The van der Waals surface area contributed by atoms with Crippen LogP contribution >= 0.6 is 12.2 Å². The number of hydrogen-bond acceptors (Lipinski definition) is 4. The van der Waals surface area contributed by atoms with Gasteiger partial charge in [0.1, 0.15) is 18.5 Å². The predicted octanol–water partition coefficient (Wildman–Crippen LogP) is 4.02. The Morgan fingerprint density at radius 3 is 2.44 bits per heavy atom. The molecule has 0 saturated carbocycles. The van der Waals surface area contributed by atoms with Crippen molar-refractivity contribution in [3.05, 3.63) is 60.2 Å². The lowest BCUT2D eigenvalue weighted by molar-refractivity contribution is 0.114. The first kappa shape index (κ1) is 19.1. The predicted molar refractivity (Wildman–Crippen MR) is 107 cm³/mol. The van der Waals surface area contributed by atoms with Crippen molar-refractivity contribution in [2.24, 2.45) is 0 Å². The normalized spacial score (nSPS) is 11.4. The molecule has 0 aliphatic carbocycles. The lowest BCUT2D eigenvalue weighted by Crippen LogP contribution is -2.32. The van der Waals surface area contributed by atoms with Gasteiger partial charge in [-0.05, 0) is 54.9 Å². The molecule has 1 unspecified atom stereocenters. The Hall–Kier alpha value is -2.27. The molecule has 2 N–H and O–H groups in total. The summed E-state index contributed by atoms with van der Waals surface area (Å²) in [5.41, 5.74) is 2.33. The van der Waals surface area contributed by atoms with E-state index in [0.29, 0.717) is 11.8 Å². The van der Waals surface area contributed by atoms with E-state index in [9.17, 15) is 0 Å². The number of benzene rings is 2. The van der Waals surface area contributed by atoms with Crippen LogP contribution in [0.2, 0.25) is 0 Å². The summed E-state index contributed by atoms with van der Waals surface area (Å²) in [4.78, 5) is 0. The highest BCUT2D eigenvalue weighted by atomic mass is 32.1. The molecule has 0 bridgehead atoms. The average molecular weight is 359 g/mol. The van der Waals surface area contributed by atoms with Crippen molar-refractivity contribution in [1.29, 1.82) is 0 Å². The second-order valence-corrected chi connectivity index (χ2v) is 6.05. The Kier molecular flexibility index (Phi) is 8.05. The van der Waals surface area contributed by atoms with E-state index in [1.807, 2.05) is 49.5 Å². The van der Waals surface area contributed by atoms with Gasteiger partial charge in [0.15, 0.2) is 0 Å². The van der Waals surface area contributed by atoms with Crippen molar-refractivity contribution in [3.8, 4) is 5.75 Å². The van der Waals surface area contributed by atoms with E-state index in [4.69, 9.17) is 21.7 Å². The minimum Gasteiger partial charge on any atom is -0.490 e. The molecule has 0 aliphatic rings. The quantitative estimate of drug-likeness (QED) is 0.663. The van der Waals surface area contributed by atoms with E-state index < -0.39 is 0 Å². The van der Waals surface area contributed by atoms with Gasteiger partial charge in [-0.2, -0.15) is 0 Å². The molecule has 0 amide bonds. The minimum absolute atomic E-state index is 0.0688. The van der Waals surface area contributed by atoms with E-state index in [1.165, 1.54) is 5.56 Å². The van der Waals surface area contributed by atoms with E-state index in [0.717, 1.165) is 30.8 Å². The van der Waals surface area contributed by atoms with Crippen molar-refractivity contribution in [1.82, 2.24) is 5.32 Å². The van der Waals surface area contributed by atoms with Crippen LogP contribution in [0.15, 0.2) is 54.6 Å². The van der Waals surface area contributed by atoms with Crippen molar-refractivity contribution >= 4 is 23.1 Å². The zero-order valence-electron chi connectivity index (χ0n) is 14.8. The van der Waals surface area contributed by atoms with Crippen LogP contribution in [0.5, 0.6) is 5.75 Å². The van der Waals surface area contributed by atoms with Crippen LogP contribution in [0.25, 0.3) is 0 Å². The molecule has 0 fully saturated rings. The summed E-state index contributed by atoms with van der Waals surface area (Å²) in [6, 6.07) is 18.1. The zero-order valence-corrected chi connectivity index (χ0v) is 15.6. The van der Waals surface area contributed by atoms with Crippen LogP contribution in [0, 0.1) is 0 Å². The number of ether oxygens (including phenoxy) is 2. The second kappa shape index (κ2) is 10.6. The monoisotopic (exact) mass is 358 g/mol. The molecule has 0 spiro atoms. The number of hydrogen-bond donors (Lipinski definition) is 2. The summed E-state index contributed by atoms with van der Waals surface area (Å²) in [6.07, 6.45) is 1.67. The molecule has 2 rings (SSSR count). The Balaban J connectivity index is 1.69. The van der Waals surface area contributed by atoms with Gasteiger partial charge in [0, 0.05) is 19.3 Å². The molecule has 0 aliphatic heterocycles. The van der Waals surface area contributed by atoms with Gasteiger partial charge >= 0.3 is 0 Å². The highest BCUT2D eigenvalue weighted by Gasteiger charge is 2.11. The third-order valence-corrected chi connectivity index (χ3v) is 4.07. The van der Waals surface area contributed by atoms with E-state index >= 15 is 0 Å². The SMILES string of the molecule is CCC(COc1ccc(NC)cc1)OC(=S)NCCc1ccccc1. The largest absolute Gasteiger partial charge is 0.490 e. The lowest BCUT2D eigenvalue weighted by atomic mass is 10.1. The fourth-order valence-electron chi connectivity index (χ4n) is 2.29. The van der Waals surface area contributed by atoms with Gasteiger partial charge in [0.25, 0.3) is 5.17 Å². The molecule has 2 aromatic carbocycles. The standard InChI is InChI=1S/C20H26N2O2S/c1-3-18(15-23-19-11-9-17(21-2)10-12-19)24-20(25)22-14-13-16-7-5-4-6-8-16/h4-12,18,21H,3,13-15H2,1-2H3,(H,22,25). The third-order valence-electron chi connectivity index (χ3n) is 3.83. The highest BCUT2D eigenvalue weighted by molar-refractivity contribution is 7.80. The van der Waals surface area contributed by atoms with Gasteiger partial charge in [-0.3, -0.25) is 0 Å². The third kappa shape index (κ3) is 7.01. The molecular formula is C20H26N2O2S. The van der Waals surface area contributed by atoms with Crippen molar-refractivity contribution in [3.63, 3.8) is 0 Å². The summed E-state index contributed by atoms with van der Waals surface area (Å²) in [6.45, 7) is 3.28. The van der Waals surface area contributed by atoms with Crippen LogP contribution < -0.4 is 15.4 Å². The summed E-state index contributed by atoms with van der Waals surface area (Å²) in [5, 5.41) is 6.66. The van der Waals surface area contributed by atoms with Crippen molar-refractivity contribution in [2.75, 3.05) is 25.5 Å².